The van der Waals surface area contributed by atoms with Crippen molar-refractivity contribution >= 4 is 27.9 Å². The van der Waals surface area contributed by atoms with Crippen LogP contribution in [0.3, 0.4) is 0 Å². The normalized spacial score (nSPS) is 13.6. The van der Waals surface area contributed by atoms with Gasteiger partial charge in [-0.3, -0.25) is 4.79 Å². The van der Waals surface area contributed by atoms with Gasteiger partial charge in [-0.25, -0.2) is 24.9 Å². The molecule has 4 aromatic heterocycles. The molecule has 9 rings (SSSR count). The van der Waals surface area contributed by atoms with Crippen molar-refractivity contribution in [2.75, 3.05) is 4.90 Å². The predicted molar refractivity (Wildman–Crippen MR) is 206 cm³/mol. The summed E-state index contributed by atoms with van der Waals surface area (Å²) in [6.45, 7) is 0. The van der Waals surface area contributed by atoms with Crippen LogP contribution >= 0.6 is 0 Å². The first kappa shape index (κ1) is 31.4. The van der Waals surface area contributed by atoms with Gasteiger partial charge in [0.2, 0.25) is 0 Å². The molecule has 9 heteroatoms. The Morgan fingerprint density at radius 2 is 1.29 bits per heavy atom. The van der Waals surface area contributed by atoms with Gasteiger partial charge in [0.25, 0.3) is 5.56 Å². The van der Waals surface area contributed by atoms with Gasteiger partial charge in [0.05, 0.1) is 23.4 Å². The van der Waals surface area contributed by atoms with Crippen molar-refractivity contribution < 1.29 is 0 Å². The lowest BCUT2D eigenvalue weighted by Crippen LogP contribution is -2.46. The lowest BCUT2D eigenvalue weighted by molar-refractivity contribution is 0.361. The van der Waals surface area contributed by atoms with Crippen molar-refractivity contribution in [1.82, 2.24) is 29.9 Å². The van der Waals surface area contributed by atoms with Crippen LogP contribution in [0.2, 0.25) is 0 Å². The molecule has 0 aliphatic heterocycles. The average Bonchev–Trinajstić information content (AvgIpc) is 3.19. The smallest absolute Gasteiger partial charge is 0.278 e. The van der Waals surface area contributed by atoms with Crippen LogP contribution in [0.1, 0.15) is 31.0 Å². The zero-order valence-electron chi connectivity index (χ0n) is 28.2. The van der Waals surface area contributed by atoms with Crippen LogP contribution in [0.15, 0.2) is 145 Å². The van der Waals surface area contributed by atoms with Gasteiger partial charge in [0.1, 0.15) is 6.17 Å². The van der Waals surface area contributed by atoms with Crippen molar-refractivity contribution in [3.05, 3.63) is 156 Å². The molecule has 4 aromatic carbocycles. The molecule has 1 unspecified atom stereocenters. The molecule has 3 N–H and O–H groups in total. The van der Waals surface area contributed by atoms with E-state index in [0.717, 1.165) is 63.0 Å². The molecule has 0 saturated heterocycles. The van der Waals surface area contributed by atoms with Crippen LogP contribution < -0.4 is 16.2 Å². The third-order valence-corrected chi connectivity index (χ3v) is 9.93. The zero-order valence-corrected chi connectivity index (χ0v) is 28.2. The lowest BCUT2D eigenvalue weighted by Gasteiger charge is -2.43. The Bertz CT molecular complexity index is 2590. The molecule has 1 aliphatic carbocycles. The predicted octanol–water partition coefficient (Wildman–Crippen LogP) is 8.34. The fourth-order valence-corrected chi connectivity index (χ4v) is 7.00. The quantitative estimate of drug-likeness (QED) is 0.154. The number of pyridine rings is 2. The fourth-order valence-electron chi connectivity index (χ4n) is 7.00. The number of nitrogens with two attached hydrogens (primary N) is 1. The molecule has 0 amide bonds. The fraction of sp³-hybridized carbons (Fsp3) is 0.116. The SMILES string of the molecule is NC(c1ccc(-c2nc3ncccc3cc2-c2ccccc2)cc1)N(c1ccc(-c2nc3nc[nH]c(=O)c3nc2-c2ccccc2)cc1)C1CCC1. The second-order valence-electron chi connectivity index (χ2n) is 13.1. The summed E-state index contributed by atoms with van der Waals surface area (Å²) >= 11 is 0. The Balaban J connectivity index is 1.06. The van der Waals surface area contributed by atoms with Gasteiger partial charge in [0.15, 0.2) is 16.8 Å². The van der Waals surface area contributed by atoms with E-state index in [4.69, 9.17) is 20.7 Å². The Labute approximate surface area is 299 Å². The third-order valence-electron chi connectivity index (χ3n) is 9.93. The van der Waals surface area contributed by atoms with Crippen molar-refractivity contribution in [1.29, 1.82) is 0 Å². The van der Waals surface area contributed by atoms with Crippen LogP contribution in [-0.4, -0.2) is 35.9 Å². The van der Waals surface area contributed by atoms with Crippen molar-refractivity contribution in [3.63, 3.8) is 0 Å². The number of aromatic nitrogens is 6. The number of benzene rings is 4. The summed E-state index contributed by atoms with van der Waals surface area (Å²) in [6.07, 6.45) is 6.11. The molecule has 1 fully saturated rings. The summed E-state index contributed by atoms with van der Waals surface area (Å²) in [5.74, 6) is 0. The first-order valence-corrected chi connectivity index (χ1v) is 17.5. The van der Waals surface area contributed by atoms with Crippen LogP contribution in [0.5, 0.6) is 0 Å². The average molecular weight is 679 g/mol. The van der Waals surface area contributed by atoms with Crippen LogP contribution in [-0.2, 0) is 0 Å². The van der Waals surface area contributed by atoms with E-state index in [2.05, 4.69) is 86.6 Å². The minimum absolute atomic E-state index is 0.208. The standard InChI is InChI=1S/C43H34N8O/c44-40(31-18-16-29(17-19-31)36-35(27-9-3-1-4-10-27)25-32-13-8-24-45-41(32)49-36)51(33-14-7-15-33)34-22-20-30(21-23-34)38-37(28-11-5-2-6-12-28)48-39-42(50-38)46-26-47-43(39)52/h1-6,8-13,16-26,33,40H,7,14-15,44H2,(H,46,47,50,52). The highest BCUT2D eigenvalue weighted by atomic mass is 16.1. The van der Waals surface area contributed by atoms with Gasteiger partial charge in [0, 0.05) is 45.6 Å². The number of fused-ring (bicyclic) bond motifs is 2. The van der Waals surface area contributed by atoms with Crippen LogP contribution in [0.4, 0.5) is 5.69 Å². The Morgan fingerprint density at radius 3 is 2.00 bits per heavy atom. The van der Waals surface area contributed by atoms with Gasteiger partial charge < -0.3 is 15.6 Å². The van der Waals surface area contributed by atoms with E-state index in [1.54, 1.807) is 6.20 Å². The second kappa shape index (κ2) is 13.3. The highest BCUT2D eigenvalue weighted by Crippen LogP contribution is 2.38. The third kappa shape index (κ3) is 5.76. The monoisotopic (exact) mass is 678 g/mol. The minimum Gasteiger partial charge on any atom is -0.349 e. The number of nitrogens with zero attached hydrogens (tertiary/aromatic N) is 6. The van der Waals surface area contributed by atoms with E-state index in [1.807, 2.05) is 60.7 Å². The first-order chi connectivity index (χ1) is 25.6. The Morgan fingerprint density at radius 1 is 0.654 bits per heavy atom. The summed E-state index contributed by atoms with van der Waals surface area (Å²) in [5.41, 5.74) is 17.2. The molecule has 1 aliphatic rings. The summed E-state index contributed by atoms with van der Waals surface area (Å²) < 4.78 is 0. The molecule has 52 heavy (non-hydrogen) atoms. The Hall–Kier alpha value is -6.58. The van der Waals surface area contributed by atoms with Crippen LogP contribution in [0, 0.1) is 0 Å². The number of anilines is 1. The number of hydrogen-bond acceptors (Lipinski definition) is 8. The lowest BCUT2D eigenvalue weighted by atomic mass is 9.89. The summed E-state index contributed by atoms with van der Waals surface area (Å²) in [4.78, 5) is 41.0. The molecule has 0 spiro atoms. The van der Waals surface area contributed by atoms with Crippen molar-refractivity contribution in [3.8, 4) is 44.9 Å². The van der Waals surface area contributed by atoms with Gasteiger partial charge in [-0.15, -0.1) is 0 Å². The second-order valence-corrected chi connectivity index (χ2v) is 13.1. The molecule has 1 saturated carbocycles. The van der Waals surface area contributed by atoms with E-state index in [-0.39, 0.29) is 17.2 Å². The maximum absolute atomic E-state index is 12.6. The number of rotatable bonds is 8. The maximum Gasteiger partial charge on any atom is 0.278 e. The summed E-state index contributed by atoms with van der Waals surface area (Å²) in [7, 11) is 0. The van der Waals surface area contributed by atoms with E-state index in [1.165, 1.54) is 12.7 Å². The van der Waals surface area contributed by atoms with Gasteiger partial charge in [-0.1, -0.05) is 97.1 Å². The summed E-state index contributed by atoms with van der Waals surface area (Å²) in [5, 5.41) is 1.00. The molecular formula is C43H34N8O. The molecule has 9 nitrogen and oxygen atoms in total. The van der Waals surface area contributed by atoms with E-state index >= 15 is 0 Å². The van der Waals surface area contributed by atoms with E-state index in [0.29, 0.717) is 28.7 Å². The largest absolute Gasteiger partial charge is 0.349 e. The molecule has 252 valence electrons. The van der Waals surface area contributed by atoms with Gasteiger partial charge >= 0.3 is 0 Å². The van der Waals surface area contributed by atoms with Crippen molar-refractivity contribution in [2.24, 2.45) is 5.73 Å². The van der Waals surface area contributed by atoms with Crippen LogP contribution in [0.25, 0.3) is 67.1 Å². The topological polar surface area (TPSA) is 127 Å². The van der Waals surface area contributed by atoms with Gasteiger partial charge in [-0.05, 0) is 60.7 Å². The number of nitrogens with one attached hydrogen (secondary N) is 1. The summed E-state index contributed by atoms with van der Waals surface area (Å²) in [6, 6.07) is 43.4. The van der Waals surface area contributed by atoms with Gasteiger partial charge in [-0.2, -0.15) is 0 Å². The highest BCUT2D eigenvalue weighted by molar-refractivity contribution is 5.90. The zero-order chi connectivity index (χ0) is 35.0. The molecular weight excluding hydrogens is 645 g/mol. The minimum atomic E-state index is -0.360. The number of aromatic amines is 1. The number of hydrogen-bond donors (Lipinski definition) is 2. The van der Waals surface area contributed by atoms with Crippen molar-refractivity contribution in [2.45, 2.75) is 31.5 Å². The maximum atomic E-state index is 12.6. The molecule has 0 radical (unpaired) electrons. The number of H-pyrrole nitrogens is 1. The van der Waals surface area contributed by atoms with E-state index < -0.39 is 0 Å². The highest BCUT2D eigenvalue weighted by Gasteiger charge is 2.30. The molecule has 4 heterocycles. The molecule has 0 bridgehead atoms. The molecule has 8 aromatic rings. The molecule has 1 atom stereocenters. The first-order valence-electron chi connectivity index (χ1n) is 17.5. The Kier molecular flexibility index (Phi) is 8.02. The van der Waals surface area contributed by atoms with E-state index in [9.17, 15) is 4.79 Å².